The van der Waals surface area contributed by atoms with E-state index in [4.69, 9.17) is 4.74 Å². The molecule has 24 heavy (non-hydrogen) atoms. The Morgan fingerprint density at radius 3 is 2.71 bits per heavy atom. The van der Waals surface area contributed by atoms with Gasteiger partial charge in [0.15, 0.2) is 0 Å². The average molecular weight is 322 g/mol. The smallest absolute Gasteiger partial charge is 0.247 e. The van der Waals surface area contributed by atoms with Gasteiger partial charge in [0.05, 0.1) is 5.83 Å². The summed E-state index contributed by atoms with van der Waals surface area (Å²) in [6.07, 6.45) is 4.53. The van der Waals surface area contributed by atoms with E-state index in [-0.39, 0.29) is 11.7 Å². The third-order valence-electron chi connectivity index (χ3n) is 3.19. The molecule has 0 N–H and O–H groups in total. The lowest BCUT2D eigenvalue weighted by molar-refractivity contribution is 0.462. The lowest BCUT2D eigenvalue weighted by Crippen LogP contribution is -2.02. The Kier molecular flexibility index (Phi) is 4.47. The Bertz CT molecular complexity index is 925. The van der Waals surface area contributed by atoms with Gasteiger partial charge in [0.2, 0.25) is 11.7 Å². The third-order valence-corrected chi connectivity index (χ3v) is 3.19. The fourth-order valence-electron chi connectivity index (χ4n) is 2.08. The van der Waals surface area contributed by atoms with Crippen LogP contribution in [0.2, 0.25) is 0 Å². The van der Waals surface area contributed by atoms with Crippen molar-refractivity contribution in [2.24, 2.45) is 4.99 Å². The molecule has 5 nitrogen and oxygen atoms in total. The molecule has 0 saturated carbocycles. The summed E-state index contributed by atoms with van der Waals surface area (Å²) in [4.78, 5) is 8.29. The fourth-order valence-corrected chi connectivity index (χ4v) is 2.08. The summed E-state index contributed by atoms with van der Waals surface area (Å²) < 4.78 is 20.5. The summed E-state index contributed by atoms with van der Waals surface area (Å²) in [6.45, 7) is 4.84. The molecule has 0 aliphatic heterocycles. The van der Waals surface area contributed by atoms with Crippen molar-refractivity contribution in [3.8, 4) is 11.6 Å². The molecule has 0 unspecified atom stereocenters. The minimum atomic E-state index is -0.348. The maximum atomic E-state index is 13.0. The van der Waals surface area contributed by atoms with Crippen LogP contribution in [0.5, 0.6) is 11.6 Å². The number of halogens is 1. The number of benzene rings is 1. The molecule has 2 aromatic heterocycles. The van der Waals surface area contributed by atoms with Gasteiger partial charge < -0.3 is 4.74 Å². The number of nitrogens with zero attached hydrogens (tertiary/aromatic N) is 4. The van der Waals surface area contributed by atoms with E-state index in [1.165, 1.54) is 19.1 Å². The van der Waals surface area contributed by atoms with Crippen molar-refractivity contribution >= 4 is 17.9 Å². The third kappa shape index (κ3) is 3.38. The molecule has 3 aromatic rings. The van der Waals surface area contributed by atoms with Gasteiger partial charge in [-0.25, -0.2) is 8.91 Å². The first-order valence-electron chi connectivity index (χ1n) is 7.27. The number of ether oxygens (including phenoxy) is 1. The van der Waals surface area contributed by atoms with E-state index in [0.717, 1.165) is 0 Å². The van der Waals surface area contributed by atoms with E-state index in [0.29, 0.717) is 22.8 Å². The molecule has 6 heteroatoms. The van der Waals surface area contributed by atoms with Crippen LogP contribution in [0.4, 0.5) is 4.39 Å². The van der Waals surface area contributed by atoms with Crippen LogP contribution >= 0.6 is 0 Å². The SMILES string of the molecule is C=N/C(=C\C=C(/C)F)c1nc(Oc2ccccc2)c2cccn2n1. The van der Waals surface area contributed by atoms with Gasteiger partial charge >= 0.3 is 0 Å². The lowest BCUT2D eigenvalue weighted by Gasteiger charge is -2.08. The number of para-hydroxylation sites is 1. The predicted octanol–water partition coefficient (Wildman–Crippen LogP) is 4.44. The van der Waals surface area contributed by atoms with E-state index < -0.39 is 0 Å². The van der Waals surface area contributed by atoms with Gasteiger partial charge in [0, 0.05) is 6.20 Å². The number of rotatable bonds is 5. The quantitative estimate of drug-likeness (QED) is 0.515. The number of fused-ring (bicyclic) bond motifs is 1. The standard InChI is InChI=1S/C18H15FN4O/c1-13(19)10-11-15(20-2)17-21-18(16-9-6-12-23(16)22-17)24-14-7-4-3-5-8-14/h3-12H,2H2,1H3/b13-10+,15-11-. The summed E-state index contributed by atoms with van der Waals surface area (Å²) in [5, 5.41) is 4.36. The van der Waals surface area contributed by atoms with Crippen molar-refractivity contribution < 1.29 is 9.13 Å². The average Bonchev–Trinajstić information content (AvgIpc) is 3.05. The van der Waals surface area contributed by atoms with Crippen LogP contribution in [0.1, 0.15) is 12.7 Å². The summed E-state index contributed by atoms with van der Waals surface area (Å²) in [5.41, 5.74) is 1.06. The Morgan fingerprint density at radius 1 is 1.21 bits per heavy atom. The zero-order valence-corrected chi connectivity index (χ0v) is 13.1. The highest BCUT2D eigenvalue weighted by Crippen LogP contribution is 2.25. The molecular formula is C18H15FN4O. The first-order valence-corrected chi connectivity index (χ1v) is 7.27. The monoisotopic (exact) mass is 322 g/mol. The molecule has 0 aliphatic carbocycles. The Hall–Kier alpha value is -3.28. The number of hydrogen-bond donors (Lipinski definition) is 0. The summed E-state index contributed by atoms with van der Waals surface area (Å²) in [7, 11) is 0. The highest BCUT2D eigenvalue weighted by atomic mass is 19.1. The molecule has 3 rings (SSSR count). The molecule has 2 heterocycles. The van der Waals surface area contributed by atoms with E-state index in [1.807, 2.05) is 42.5 Å². The van der Waals surface area contributed by atoms with Crippen molar-refractivity contribution in [3.05, 3.63) is 72.5 Å². The summed E-state index contributed by atoms with van der Waals surface area (Å²) in [5.74, 6) is 0.977. The van der Waals surface area contributed by atoms with Crippen molar-refractivity contribution in [2.75, 3.05) is 0 Å². The molecule has 0 bridgehead atoms. The van der Waals surface area contributed by atoms with E-state index >= 15 is 0 Å². The maximum Gasteiger partial charge on any atom is 0.247 e. The Balaban J connectivity index is 2.09. The molecule has 0 spiro atoms. The molecule has 0 radical (unpaired) electrons. The molecule has 0 amide bonds. The van der Waals surface area contributed by atoms with E-state index in [2.05, 4.69) is 21.8 Å². The number of hydrogen-bond acceptors (Lipinski definition) is 4. The maximum absolute atomic E-state index is 13.0. The van der Waals surface area contributed by atoms with E-state index in [9.17, 15) is 4.39 Å². The zero-order chi connectivity index (χ0) is 16.9. The normalized spacial score (nSPS) is 12.4. The molecule has 0 aliphatic rings. The second-order valence-corrected chi connectivity index (χ2v) is 4.96. The highest BCUT2D eigenvalue weighted by Gasteiger charge is 2.12. The first kappa shape index (κ1) is 15.6. The molecule has 120 valence electrons. The van der Waals surface area contributed by atoms with Crippen molar-refractivity contribution in [1.82, 2.24) is 14.6 Å². The minimum absolute atomic E-state index is 0.289. The van der Waals surface area contributed by atoms with E-state index in [1.54, 1.807) is 10.7 Å². The zero-order valence-electron chi connectivity index (χ0n) is 13.1. The van der Waals surface area contributed by atoms with Gasteiger partial charge in [0.25, 0.3) is 0 Å². The summed E-state index contributed by atoms with van der Waals surface area (Å²) in [6, 6.07) is 13.0. The van der Waals surface area contributed by atoms with Crippen LogP contribution in [-0.4, -0.2) is 21.3 Å². The van der Waals surface area contributed by atoms with Crippen molar-refractivity contribution in [1.29, 1.82) is 0 Å². The first-order chi connectivity index (χ1) is 11.7. The molecule has 1 aromatic carbocycles. The fraction of sp³-hybridized carbons (Fsp3) is 0.0556. The highest BCUT2D eigenvalue weighted by molar-refractivity contribution is 5.67. The largest absolute Gasteiger partial charge is 0.437 e. The van der Waals surface area contributed by atoms with Gasteiger partial charge in [-0.1, -0.05) is 18.2 Å². The van der Waals surface area contributed by atoms with Crippen molar-refractivity contribution in [3.63, 3.8) is 0 Å². The van der Waals surface area contributed by atoms with Crippen LogP contribution in [0.3, 0.4) is 0 Å². The van der Waals surface area contributed by atoms with Crippen LogP contribution in [0.25, 0.3) is 11.2 Å². The van der Waals surface area contributed by atoms with Gasteiger partial charge in [0.1, 0.15) is 17.0 Å². The molecule has 0 atom stereocenters. The second kappa shape index (κ2) is 6.87. The minimum Gasteiger partial charge on any atom is -0.437 e. The molecule has 0 saturated heterocycles. The number of allylic oxidation sites excluding steroid dienone is 3. The second-order valence-electron chi connectivity index (χ2n) is 4.96. The van der Waals surface area contributed by atoms with Crippen LogP contribution in [0.15, 0.2) is 71.6 Å². The van der Waals surface area contributed by atoms with Crippen LogP contribution in [0, 0.1) is 0 Å². The number of aromatic nitrogens is 3. The van der Waals surface area contributed by atoms with Gasteiger partial charge in [-0.15, -0.1) is 5.10 Å². The Labute approximate surface area is 138 Å². The number of aliphatic imine (C=N–C) groups is 1. The lowest BCUT2D eigenvalue weighted by atomic mass is 10.3. The van der Waals surface area contributed by atoms with Crippen molar-refractivity contribution in [2.45, 2.75) is 6.92 Å². The van der Waals surface area contributed by atoms with Gasteiger partial charge in [-0.3, -0.25) is 4.99 Å². The molecule has 0 fully saturated rings. The topological polar surface area (TPSA) is 51.8 Å². The summed E-state index contributed by atoms with van der Waals surface area (Å²) >= 11 is 0. The predicted molar refractivity (Wildman–Crippen MR) is 91.9 cm³/mol. The van der Waals surface area contributed by atoms with Gasteiger partial charge in [-0.05, 0) is 50.1 Å². The molecular weight excluding hydrogens is 307 g/mol. The van der Waals surface area contributed by atoms with Crippen LogP contribution < -0.4 is 4.74 Å². The van der Waals surface area contributed by atoms with Gasteiger partial charge in [-0.2, -0.15) is 4.98 Å². The Morgan fingerprint density at radius 2 is 2.00 bits per heavy atom. The van der Waals surface area contributed by atoms with Crippen LogP contribution in [-0.2, 0) is 0 Å².